The van der Waals surface area contributed by atoms with Gasteiger partial charge in [-0.25, -0.2) is 0 Å². The molecule has 3 rings (SSSR count). The van der Waals surface area contributed by atoms with Crippen molar-refractivity contribution in [3.63, 3.8) is 0 Å². The summed E-state index contributed by atoms with van der Waals surface area (Å²) in [4.78, 5) is 6.97. The van der Waals surface area contributed by atoms with Gasteiger partial charge < -0.3 is 20.3 Å². The summed E-state index contributed by atoms with van der Waals surface area (Å²) in [6, 6.07) is 9.51. The van der Waals surface area contributed by atoms with Gasteiger partial charge in [0, 0.05) is 44.3 Å². The third-order valence-corrected chi connectivity index (χ3v) is 5.84. The first kappa shape index (κ1) is 20.0. The largest absolute Gasteiger partial charge is 0.490 e. The van der Waals surface area contributed by atoms with E-state index < -0.39 is 0 Å². The van der Waals surface area contributed by atoms with Crippen LogP contribution in [0.1, 0.15) is 57.9 Å². The molecule has 2 N–H and O–H groups in total. The molecule has 0 radical (unpaired) electrons. The van der Waals surface area contributed by atoms with Crippen LogP contribution in [0.15, 0.2) is 29.3 Å². The molecule has 0 spiro atoms. The number of nitrogens with zero attached hydrogens (tertiary/aromatic N) is 2. The molecule has 5 nitrogen and oxygen atoms in total. The van der Waals surface area contributed by atoms with E-state index in [2.05, 4.69) is 58.6 Å². The van der Waals surface area contributed by atoms with Gasteiger partial charge >= 0.3 is 0 Å². The number of hydrogen-bond donors (Lipinski definition) is 2. The molecular formula is C22H36N4O. The van der Waals surface area contributed by atoms with E-state index in [0.29, 0.717) is 18.2 Å². The summed E-state index contributed by atoms with van der Waals surface area (Å²) >= 11 is 0. The molecule has 2 aliphatic rings. The maximum absolute atomic E-state index is 6.25. The molecule has 1 saturated carbocycles. The smallest absolute Gasteiger partial charge is 0.191 e. The van der Waals surface area contributed by atoms with Gasteiger partial charge in [0.15, 0.2) is 5.96 Å². The molecule has 0 bridgehead atoms. The summed E-state index contributed by atoms with van der Waals surface area (Å²) in [5.41, 5.74) is 1.20. The second kappa shape index (κ2) is 9.98. The maximum Gasteiger partial charge on any atom is 0.191 e. The van der Waals surface area contributed by atoms with Crippen LogP contribution in [-0.4, -0.2) is 49.2 Å². The predicted octanol–water partition coefficient (Wildman–Crippen LogP) is 3.55. The fraction of sp³-hybridized carbons (Fsp3) is 0.682. The Morgan fingerprint density at radius 3 is 2.52 bits per heavy atom. The van der Waals surface area contributed by atoms with Gasteiger partial charge in [0.2, 0.25) is 0 Å². The van der Waals surface area contributed by atoms with Gasteiger partial charge in [-0.2, -0.15) is 0 Å². The minimum Gasteiger partial charge on any atom is -0.490 e. The molecule has 1 aliphatic carbocycles. The Kier molecular flexibility index (Phi) is 7.39. The lowest BCUT2D eigenvalue weighted by molar-refractivity contribution is 0.167. The normalized spacial score (nSPS) is 20.2. The summed E-state index contributed by atoms with van der Waals surface area (Å²) in [7, 11) is 1.85. The van der Waals surface area contributed by atoms with Crippen LogP contribution >= 0.6 is 0 Å². The highest BCUT2D eigenvalue weighted by molar-refractivity contribution is 5.80. The van der Waals surface area contributed by atoms with E-state index in [9.17, 15) is 0 Å². The quantitative estimate of drug-likeness (QED) is 0.592. The number of hydrogen-bond acceptors (Lipinski definition) is 3. The Hall–Kier alpha value is -1.75. The molecule has 150 valence electrons. The third kappa shape index (κ3) is 5.86. The van der Waals surface area contributed by atoms with Crippen LogP contribution in [0.4, 0.5) is 0 Å². The number of ether oxygens (including phenoxy) is 1. The summed E-state index contributed by atoms with van der Waals surface area (Å²) in [5, 5.41) is 7.08. The van der Waals surface area contributed by atoms with Gasteiger partial charge in [-0.1, -0.05) is 18.2 Å². The average Bonchev–Trinajstić information content (AvgIpc) is 3.19. The van der Waals surface area contributed by atoms with Crippen molar-refractivity contribution in [3.05, 3.63) is 29.8 Å². The monoisotopic (exact) mass is 372 g/mol. The molecule has 0 unspecified atom stereocenters. The number of piperidine rings is 1. The SMILES string of the molecule is CN=C(NCc1ccccc1OC1CCCC1)NC1CCN(C(C)C)CC1. The Balaban J connectivity index is 1.50. The average molecular weight is 373 g/mol. The van der Waals surface area contributed by atoms with Crippen molar-refractivity contribution in [2.75, 3.05) is 20.1 Å². The topological polar surface area (TPSA) is 48.9 Å². The number of guanidine groups is 1. The lowest BCUT2D eigenvalue weighted by Crippen LogP contribution is -2.49. The van der Waals surface area contributed by atoms with Gasteiger partial charge in [-0.15, -0.1) is 0 Å². The Morgan fingerprint density at radius 2 is 1.85 bits per heavy atom. The number of para-hydroxylation sites is 1. The van der Waals surface area contributed by atoms with Crippen LogP contribution in [-0.2, 0) is 6.54 Å². The zero-order valence-corrected chi connectivity index (χ0v) is 17.2. The Labute approximate surface area is 164 Å². The lowest BCUT2D eigenvalue weighted by atomic mass is 10.0. The van der Waals surface area contributed by atoms with Gasteiger partial charge in [0.1, 0.15) is 5.75 Å². The van der Waals surface area contributed by atoms with Crippen LogP contribution < -0.4 is 15.4 Å². The molecule has 1 aliphatic heterocycles. The van der Waals surface area contributed by atoms with E-state index >= 15 is 0 Å². The highest BCUT2D eigenvalue weighted by Gasteiger charge is 2.21. The molecule has 5 heteroatoms. The summed E-state index contributed by atoms with van der Waals surface area (Å²) in [5.74, 6) is 1.89. The zero-order chi connectivity index (χ0) is 19.1. The number of nitrogens with one attached hydrogen (secondary N) is 2. The van der Waals surface area contributed by atoms with Gasteiger partial charge in [-0.3, -0.25) is 4.99 Å². The second-order valence-corrected chi connectivity index (χ2v) is 8.11. The highest BCUT2D eigenvalue weighted by Crippen LogP contribution is 2.26. The Morgan fingerprint density at radius 1 is 1.15 bits per heavy atom. The minimum absolute atomic E-state index is 0.384. The molecule has 27 heavy (non-hydrogen) atoms. The van der Waals surface area contributed by atoms with Crippen LogP contribution in [0, 0.1) is 0 Å². The number of rotatable bonds is 6. The van der Waals surface area contributed by atoms with Crippen molar-refractivity contribution in [2.45, 2.75) is 77.1 Å². The van der Waals surface area contributed by atoms with Crippen LogP contribution in [0.25, 0.3) is 0 Å². The van der Waals surface area contributed by atoms with Crippen molar-refractivity contribution >= 4 is 5.96 Å². The predicted molar refractivity (Wildman–Crippen MR) is 112 cm³/mol. The fourth-order valence-electron chi connectivity index (χ4n) is 4.08. The molecule has 1 heterocycles. The maximum atomic E-state index is 6.25. The van der Waals surface area contributed by atoms with Crippen molar-refractivity contribution < 1.29 is 4.74 Å². The van der Waals surface area contributed by atoms with Crippen molar-refractivity contribution in [3.8, 4) is 5.75 Å². The summed E-state index contributed by atoms with van der Waals surface area (Å²) in [6.07, 6.45) is 7.66. The Bertz CT molecular complexity index is 602. The first-order chi connectivity index (χ1) is 13.2. The molecule has 1 saturated heterocycles. The highest BCUT2D eigenvalue weighted by atomic mass is 16.5. The van der Waals surface area contributed by atoms with Crippen molar-refractivity contribution in [1.82, 2.24) is 15.5 Å². The molecule has 1 aromatic rings. The molecular weight excluding hydrogens is 336 g/mol. The van der Waals surface area contributed by atoms with Gasteiger partial charge in [0.05, 0.1) is 6.10 Å². The van der Waals surface area contributed by atoms with Crippen molar-refractivity contribution in [2.24, 2.45) is 4.99 Å². The van der Waals surface area contributed by atoms with E-state index in [1.165, 1.54) is 44.1 Å². The van der Waals surface area contributed by atoms with E-state index in [-0.39, 0.29) is 0 Å². The van der Waals surface area contributed by atoms with Crippen LogP contribution in [0.5, 0.6) is 5.75 Å². The van der Waals surface area contributed by atoms with Crippen LogP contribution in [0.2, 0.25) is 0 Å². The summed E-state index contributed by atoms with van der Waals surface area (Å²) in [6.45, 7) is 7.60. The lowest BCUT2D eigenvalue weighted by Gasteiger charge is -2.35. The zero-order valence-electron chi connectivity index (χ0n) is 17.2. The number of likely N-dealkylation sites (tertiary alicyclic amines) is 1. The van der Waals surface area contributed by atoms with Crippen molar-refractivity contribution in [1.29, 1.82) is 0 Å². The van der Waals surface area contributed by atoms with E-state index in [4.69, 9.17) is 4.74 Å². The number of aliphatic imine (C=N–C) groups is 1. The fourth-order valence-corrected chi connectivity index (χ4v) is 4.08. The molecule has 2 fully saturated rings. The number of benzene rings is 1. The summed E-state index contributed by atoms with van der Waals surface area (Å²) < 4.78 is 6.25. The molecule has 0 amide bonds. The van der Waals surface area contributed by atoms with E-state index in [0.717, 1.165) is 31.3 Å². The molecule has 1 aromatic carbocycles. The first-order valence-corrected chi connectivity index (χ1v) is 10.6. The van der Waals surface area contributed by atoms with Gasteiger partial charge in [-0.05, 0) is 58.4 Å². The molecule has 0 atom stereocenters. The standard InChI is InChI=1S/C22H36N4O/c1-17(2)26-14-12-19(13-15-26)25-22(23-3)24-16-18-8-4-7-11-21(18)27-20-9-5-6-10-20/h4,7-8,11,17,19-20H,5-6,9-10,12-16H2,1-3H3,(H2,23,24,25). The third-order valence-electron chi connectivity index (χ3n) is 5.84. The van der Waals surface area contributed by atoms with Crippen LogP contribution in [0.3, 0.4) is 0 Å². The van der Waals surface area contributed by atoms with E-state index in [1.807, 2.05) is 7.05 Å². The molecule has 0 aromatic heterocycles. The minimum atomic E-state index is 0.384. The van der Waals surface area contributed by atoms with E-state index in [1.54, 1.807) is 0 Å². The first-order valence-electron chi connectivity index (χ1n) is 10.6. The second-order valence-electron chi connectivity index (χ2n) is 8.11. The van der Waals surface area contributed by atoms with Gasteiger partial charge in [0.25, 0.3) is 0 Å².